The van der Waals surface area contributed by atoms with E-state index >= 15 is 0 Å². The van der Waals surface area contributed by atoms with E-state index in [-0.39, 0.29) is 11.5 Å². The number of nitrogens with two attached hydrogens (primary N) is 1. The second-order valence-electron chi connectivity index (χ2n) is 5.37. The molecule has 0 aliphatic heterocycles. The van der Waals surface area contributed by atoms with Crippen molar-refractivity contribution in [1.82, 2.24) is 4.57 Å². The van der Waals surface area contributed by atoms with E-state index in [9.17, 15) is 9.59 Å². The number of carbonyl (C=O) groups is 1. The summed E-state index contributed by atoms with van der Waals surface area (Å²) in [6.45, 7) is 3.84. The Hall–Kier alpha value is -2.56. The molecule has 5 nitrogen and oxygen atoms in total. The predicted molar refractivity (Wildman–Crippen MR) is 88.9 cm³/mol. The lowest BCUT2D eigenvalue weighted by Gasteiger charge is -2.19. The fourth-order valence-electron chi connectivity index (χ4n) is 2.31. The first-order valence-electron chi connectivity index (χ1n) is 7.36. The summed E-state index contributed by atoms with van der Waals surface area (Å²) in [5, 5.41) is 2.84. The lowest BCUT2D eigenvalue weighted by molar-refractivity contribution is -0.119. The van der Waals surface area contributed by atoms with Crippen molar-refractivity contribution in [3.63, 3.8) is 0 Å². The summed E-state index contributed by atoms with van der Waals surface area (Å²) < 4.78 is 1.49. The van der Waals surface area contributed by atoms with Gasteiger partial charge in [-0.25, -0.2) is 0 Å². The van der Waals surface area contributed by atoms with Gasteiger partial charge < -0.3 is 15.6 Å². The number of aromatic nitrogens is 1. The molecule has 116 valence electrons. The number of nitrogens with one attached hydrogen (secondary N) is 1. The summed E-state index contributed by atoms with van der Waals surface area (Å²) in [6.07, 6.45) is 3.09. The molecule has 1 aromatic heterocycles. The number of rotatable bonds is 5. The van der Waals surface area contributed by atoms with Gasteiger partial charge in [0.25, 0.3) is 5.56 Å². The normalized spacial score (nSPS) is 11.9. The zero-order valence-corrected chi connectivity index (χ0v) is 12.9. The maximum Gasteiger partial charge on any atom is 0.251 e. The van der Waals surface area contributed by atoms with Gasteiger partial charge in [0.1, 0.15) is 6.04 Å². The monoisotopic (exact) mass is 299 g/mol. The van der Waals surface area contributed by atoms with Crippen LogP contribution in [0.5, 0.6) is 0 Å². The fourth-order valence-corrected chi connectivity index (χ4v) is 2.31. The van der Waals surface area contributed by atoms with Crippen molar-refractivity contribution < 1.29 is 4.79 Å². The maximum absolute atomic E-state index is 12.5. The number of pyridine rings is 1. The topological polar surface area (TPSA) is 77.1 Å². The Morgan fingerprint density at radius 1 is 1.27 bits per heavy atom. The second-order valence-corrected chi connectivity index (χ2v) is 5.37. The molecule has 1 unspecified atom stereocenters. The molecule has 2 rings (SSSR count). The molecular weight excluding hydrogens is 278 g/mol. The van der Waals surface area contributed by atoms with Crippen LogP contribution in [-0.2, 0) is 4.79 Å². The van der Waals surface area contributed by atoms with E-state index in [1.54, 1.807) is 36.5 Å². The number of amides is 1. The van der Waals surface area contributed by atoms with Crippen LogP contribution in [0, 0.1) is 6.92 Å². The minimum atomic E-state index is -0.518. The molecule has 1 atom stereocenters. The van der Waals surface area contributed by atoms with Gasteiger partial charge in [0.15, 0.2) is 0 Å². The van der Waals surface area contributed by atoms with Gasteiger partial charge in [0, 0.05) is 23.6 Å². The van der Waals surface area contributed by atoms with E-state index in [0.29, 0.717) is 17.8 Å². The van der Waals surface area contributed by atoms with Crippen LogP contribution >= 0.6 is 0 Å². The number of carbonyl (C=O) groups excluding carboxylic acids is 1. The molecular formula is C17H21N3O2. The number of benzene rings is 1. The first kappa shape index (κ1) is 15.8. The second kappa shape index (κ2) is 6.93. The molecule has 1 aromatic carbocycles. The molecule has 0 aliphatic carbocycles. The van der Waals surface area contributed by atoms with Crippen molar-refractivity contribution in [3.05, 3.63) is 58.5 Å². The first-order chi connectivity index (χ1) is 10.5. The van der Waals surface area contributed by atoms with Crippen LogP contribution in [0.3, 0.4) is 0 Å². The van der Waals surface area contributed by atoms with E-state index in [0.717, 1.165) is 12.0 Å². The molecule has 0 saturated carbocycles. The third-order valence-corrected chi connectivity index (χ3v) is 3.48. The third-order valence-electron chi connectivity index (χ3n) is 3.48. The molecule has 5 heteroatoms. The lowest BCUT2D eigenvalue weighted by Crippen LogP contribution is -2.32. The van der Waals surface area contributed by atoms with Crippen molar-refractivity contribution in [3.8, 4) is 0 Å². The summed E-state index contributed by atoms with van der Waals surface area (Å²) in [4.78, 5) is 24.6. The fraction of sp³-hybridized carbons (Fsp3) is 0.294. The van der Waals surface area contributed by atoms with Gasteiger partial charge in [-0.2, -0.15) is 0 Å². The molecule has 2 aromatic rings. The number of nitrogens with zero attached hydrogens (tertiary/aromatic N) is 1. The Morgan fingerprint density at radius 3 is 2.55 bits per heavy atom. The Kier molecular flexibility index (Phi) is 4.99. The highest BCUT2D eigenvalue weighted by atomic mass is 16.2. The standard InChI is InChI=1S/C17H21N3O2/c1-3-4-15(20-10-9-12(2)11-16(20)21)17(22)19-14-7-5-13(18)6-8-14/h5-11,15H,3-4,18H2,1-2H3,(H,19,22). The van der Waals surface area contributed by atoms with E-state index in [1.165, 1.54) is 4.57 Å². The quantitative estimate of drug-likeness (QED) is 0.833. The number of hydrogen-bond acceptors (Lipinski definition) is 3. The van der Waals surface area contributed by atoms with Crippen LogP contribution < -0.4 is 16.6 Å². The zero-order chi connectivity index (χ0) is 16.1. The Labute approximate surface area is 129 Å². The highest BCUT2D eigenvalue weighted by Gasteiger charge is 2.20. The summed E-state index contributed by atoms with van der Waals surface area (Å²) in [6, 6.07) is 9.79. The largest absolute Gasteiger partial charge is 0.399 e. The van der Waals surface area contributed by atoms with Crippen LogP contribution in [0.4, 0.5) is 11.4 Å². The molecule has 0 bridgehead atoms. The average Bonchev–Trinajstić information content (AvgIpc) is 2.48. The molecule has 3 N–H and O–H groups in total. The summed E-state index contributed by atoms with van der Waals surface area (Å²) >= 11 is 0. The van der Waals surface area contributed by atoms with Gasteiger partial charge in [-0.3, -0.25) is 9.59 Å². The van der Waals surface area contributed by atoms with Crippen molar-refractivity contribution in [1.29, 1.82) is 0 Å². The van der Waals surface area contributed by atoms with Crippen molar-refractivity contribution in [2.75, 3.05) is 11.1 Å². The van der Waals surface area contributed by atoms with E-state index in [2.05, 4.69) is 5.32 Å². The third kappa shape index (κ3) is 3.75. The van der Waals surface area contributed by atoms with Crippen LogP contribution in [0.2, 0.25) is 0 Å². The molecule has 0 spiro atoms. The zero-order valence-electron chi connectivity index (χ0n) is 12.9. The van der Waals surface area contributed by atoms with Crippen LogP contribution in [0.1, 0.15) is 31.4 Å². The van der Waals surface area contributed by atoms with E-state index in [1.807, 2.05) is 19.9 Å². The Bertz CT molecular complexity index is 705. The summed E-state index contributed by atoms with van der Waals surface area (Å²) in [5.74, 6) is -0.197. The number of hydrogen-bond donors (Lipinski definition) is 2. The molecule has 22 heavy (non-hydrogen) atoms. The van der Waals surface area contributed by atoms with Gasteiger partial charge >= 0.3 is 0 Å². The van der Waals surface area contributed by atoms with Crippen LogP contribution in [0.15, 0.2) is 47.4 Å². The SMILES string of the molecule is CCCC(C(=O)Nc1ccc(N)cc1)n1ccc(C)cc1=O. The minimum Gasteiger partial charge on any atom is -0.399 e. The van der Waals surface area contributed by atoms with Crippen molar-refractivity contribution in [2.24, 2.45) is 0 Å². The van der Waals surface area contributed by atoms with Gasteiger partial charge in [0.05, 0.1) is 0 Å². The molecule has 1 amide bonds. The smallest absolute Gasteiger partial charge is 0.251 e. The van der Waals surface area contributed by atoms with Gasteiger partial charge in [0.2, 0.25) is 5.91 Å². The van der Waals surface area contributed by atoms with Gasteiger partial charge in [-0.15, -0.1) is 0 Å². The molecule has 0 aliphatic rings. The average molecular weight is 299 g/mol. The highest BCUT2D eigenvalue weighted by Crippen LogP contribution is 2.17. The lowest BCUT2D eigenvalue weighted by atomic mass is 10.1. The maximum atomic E-state index is 12.5. The number of anilines is 2. The molecule has 0 saturated heterocycles. The number of nitrogen functional groups attached to an aromatic ring is 1. The first-order valence-corrected chi connectivity index (χ1v) is 7.36. The number of aryl methyl sites for hydroxylation is 1. The summed E-state index contributed by atoms with van der Waals surface area (Å²) in [7, 11) is 0. The molecule has 0 fully saturated rings. The van der Waals surface area contributed by atoms with E-state index < -0.39 is 6.04 Å². The van der Waals surface area contributed by atoms with E-state index in [4.69, 9.17) is 5.73 Å². The minimum absolute atomic E-state index is 0.161. The van der Waals surface area contributed by atoms with Gasteiger partial charge in [-0.05, 0) is 49.2 Å². The summed E-state index contributed by atoms with van der Waals surface area (Å²) in [5.41, 5.74) is 7.66. The van der Waals surface area contributed by atoms with Crippen LogP contribution in [-0.4, -0.2) is 10.5 Å². The highest BCUT2D eigenvalue weighted by molar-refractivity contribution is 5.93. The molecule has 0 radical (unpaired) electrons. The van der Waals surface area contributed by atoms with Crippen molar-refractivity contribution >= 4 is 17.3 Å². The predicted octanol–water partition coefficient (Wildman–Crippen LogP) is 2.72. The van der Waals surface area contributed by atoms with Crippen LogP contribution in [0.25, 0.3) is 0 Å². The van der Waals surface area contributed by atoms with Gasteiger partial charge in [-0.1, -0.05) is 13.3 Å². The Balaban J connectivity index is 2.25. The molecule has 1 heterocycles. The Morgan fingerprint density at radius 2 is 1.95 bits per heavy atom. The van der Waals surface area contributed by atoms with Crippen molar-refractivity contribution in [2.45, 2.75) is 32.7 Å².